The predicted octanol–water partition coefficient (Wildman–Crippen LogP) is 26.5. The van der Waals surface area contributed by atoms with Crippen molar-refractivity contribution in [2.24, 2.45) is 5.73 Å². The minimum absolute atomic E-state index is 0.0504. The monoisotopic (exact) mass is 1340 g/mol. The molecule has 0 aromatic heterocycles. The maximum atomic E-state index is 12.8. The van der Waals surface area contributed by atoms with Gasteiger partial charge in [-0.15, -0.1) is 0 Å². The number of phosphoric ester groups is 1. The molecule has 0 rings (SSSR count). The molecule has 10 heteroatoms. The van der Waals surface area contributed by atoms with Gasteiger partial charge in [0.25, 0.3) is 0 Å². The standard InChI is InChI=1S/C85H146NO8P/c1-3-5-7-9-11-13-15-17-19-21-23-25-27-29-31-33-35-37-39-40-41-42-44-46-48-50-52-54-56-58-60-62-64-66-68-70-72-74-76-78-85(88)94-83(82-93-95(89,90)92-80-79-86)81-91-84(87)77-75-73-71-69-67-65-63-61-59-57-55-53-51-49-47-45-43-38-36-34-32-30-28-26-24-22-20-18-16-14-12-10-8-6-4-2/h5-8,11-14,17-20,23-26,29-32,35-38,83H,3-4,9-10,15-16,21-22,27-28,33-34,39-82,86H2,1-2H3,(H,89,90)/b7-5-,8-6-,13-11-,14-12-,19-17-,20-18-,25-23-,26-24-,31-29-,32-30-,37-35-,38-36-. The SMILES string of the molecule is CC/C=C\C/C=C\C/C=C\C/C=C\C/C=C\C/C=C\CCCCCCCCCCCCCCCCCCCCCCC(=O)OC(COC(=O)CCCCCCCCCCCCCCCCCC/C=C\C/C=C\C/C=C\C/C=C\C/C=C\C/C=C\CC)COP(=O)(O)OCCN. The number of ether oxygens (including phenoxy) is 2. The summed E-state index contributed by atoms with van der Waals surface area (Å²) in [7, 11) is -4.40. The fraction of sp³-hybridized carbons (Fsp3) is 0.694. The molecule has 2 unspecified atom stereocenters. The van der Waals surface area contributed by atoms with Crippen molar-refractivity contribution < 1.29 is 37.6 Å². The van der Waals surface area contributed by atoms with Crippen LogP contribution in [-0.2, 0) is 32.7 Å². The van der Waals surface area contributed by atoms with E-state index in [0.717, 1.165) is 116 Å². The Hall–Kier alpha value is -4.11. The minimum atomic E-state index is -4.40. The van der Waals surface area contributed by atoms with Crippen molar-refractivity contribution in [3.8, 4) is 0 Å². The second kappa shape index (κ2) is 78.9. The zero-order valence-corrected chi connectivity index (χ0v) is 62.3. The Morgan fingerprint density at radius 2 is 0.547 bits per heavy atom. The van der Waals surface area contributed by atoms with Crippen molar-refractivity contribution in [1.82, 2.24) is 0 Å². The number of allylic oxidation sites excluding steroid dienone is 24. The van der Waals surface area contributed by atoms with Crippen LogP contribution in [0.2, 0.25) is 0 Å². The van der Waals surface area contributed by atoms with E-state index in [0.29, 0.717) is 6.42 Å². The molecule has 0 aliphatic heterocycles. The zero-order chi connectivity index (χ0) is 68.6. The molecule has 0 aliphatic carbocycles. The average molecular weight is 1340 g/mol. The summed E-state index contributed by atoms with van der Waals surface area (Å²) in [6, 6.07) is 0. The lowest BCUT2D eigenvalue weighted by Gasteiger charge is -2.19. The summed E-state index contributed by atoms with van der Waals surface area (Å²) in [6.07, 6.45) is 114. The number of unbranched alkanes of at least 4 members (excludes halogenated alkanes) is 36. The summed E-state index contributed by atoms with van der Waals surface area (Å²) in [5.74, 6) is -0.818. The molecule has 95 heavy (non-hydrogen) atoms. The number of rotatable bonds is 73. The van der Waals surface area contributed by atoms with Crippen LogP contribution in [0.4, 0.5) is 0 Å². The normalized spacial score (nSPS) is 13.7. The molecule has 0 radical (unpaired) electrons. The summed E-state index contributed by atoms with van der Waals surface area (Å²) in [6.45, 7) is 3.55. The van der Waals surface area contributed by atoms with Gasteiger partial charge in [0.05, 0.1) is 13.2 Å². The fourth-order valence-corrected chi connectivity index (χ4v) is 11.8. The van der Waals surface area contributed by atoms with Crippen molar-refractivity contribution in [3.05, 3.63) is 146 Å². The van der Waals surface area contributed by atoms with Crippen LogP contribution < -0.4 is 5.73 Å². The van der Waals surface area contributed by atoms with Gasteiger partial charge in [-0.2, -0.15) is 0 Å². The number of carbonyl (C=O) groups excluding carboxylic acids is 2. The van der Waals surface area contributed by atoms with Crippen LogP contribution >= 0.6 is 7.82 Å². The highest BCUT2D eigenvalue weighted by Crippen LogP contribution is 2.43. The molecular formula is C85H146NO8P. The number of esters is 2. The molecule has 9 nitrogen and oxygen atoms in total. The maximum absolute atomic E-state index is 12.8. The second-order valence-electron chi connectivity index (χ2n) is 25.8. The largest absolute Gasteiger partial charge is 0.472 e. The van der Waals surface area contributed by atoms with Crippen LogP contribution in [0.5, 0.6) is 0 Å². The third-order valence-corrected chi connectivity index (χ3v) is 17.7. The molecule has 0 bridgehead atoms. The van der Waals surface area contributed by atoms with Crippen LogP contribution in [-0.4, -0.2) is 49.3 Å². The molecule has 0 aromatic rings. The fourth-order valence-electron chi connectivity index (χ4n) is 11.0. The van der Waals surface area contributed by atoms with Gasteiger partial charge in [0, 0.05) is 19.4 Å². The van der Waals surface area contributed by atoms with Gasteiger partial charge < -0.3 is 20.1 Å². The number of hydrogen-bond donors (Lipinski definition) is 2. The molecule has 0 spiro atoms. The highest BCUT2D eigenvalue weighted by molar-refractivity contribution is 7.47. The zero-order valence-electron chi connectivity index (χ0n) is 61.4. The second-order valence-corrected chi connectivity index (χ2v) is 27.3. The van der Waals surface area contributed by atoms with Crippen molar-refractivity contribution in [1.29, 1.82) is 0 Å². The first-order chi connectivity index (χ1) is 46.8. The van der Waals surface area contributed by atoms with E-state index in [-0.39, 0.29) is 38.6 Å². The molecule has 544 valence electrons. The Morgan fingerprint density at radius 1 is 0.316 bits per heavy atom. The average Bonchev–Trinajstić information content (AvgIpc) is 3.16. The van der Waals surface area contributed by atoms with Crippen LogP contribution in [0.1, 0.15) is 348 Å². The van der Waals surface area contributed by atoms with Crippen LogP contribution in [0.25, 0.3) is 0 Å². The van der Waals surface area contributed by atoms with Crippen LogP contribution in [0.15, 0.2) is 146 Å². The Bertz CT molecular complexity index is 2080. The summed E-state index contributed by atoms with van der Waals surface area (Å²) in [4.78, 5) is 35.5. The molecule has 0 saturated heterocycles. The number of carbonyl (C=O) groups is 2. The van der Waals surface area contributed by atoms with E-state index in [2.05, 4.69) is 160 Å². The first-order valence-corrected chi connectivity index (χ1v) is 40.8. The van der Waals surface area contributed by atoms with Crippen molar-refractivity contribution in [2.75, 3.05) is 26.4 Å². The topological polar surface area (TPSA) is 134 Å². The van der Waals surface area contributed by atoms with E-state index in [4.69, 9.17) is 24.3 Å². The third-order valence-electron chi connectivity index (χ3n) is 16.7. The number of phosphoric acid groups is 1. The van der Waals surface area contributed by atoms with Gasteiger partial charge in [0.15, 0.2) is 6.10 Å². The van der Waals surface area contributed by atoms with Gasteiger partial charge >= 0.3 is 19.8 Å². The summed E-state index contributed by atoms with van der Waals surface area (Å²) in [5, 5.41) is 0. The van der Waals surface area contributed by atoms with Gasteiger partial charge in [-0.1, -0.05) is 365 Å². The third kappa shape index (κ3) is 78.8. The van der Waals surface area contributed by atoms with Crippen molar-refractivity contribution >= 4 is 19.8 Å². The Labute approximate surface area is 586 Å². The highest BCUT2D eigenvalue weighted by Gasteiger charge is 2.26. The van der Waals surface area contributed by atoms with E-state index in [1.165, 1.54) is 199 Å². The predicted molar refractivity (Wildman–Crippen MR) is 413 cm³/mol. The summed E-state index contributed by atoms with van der Waals surface area (Å²) in [5.41, 5.74) is 5.42. The van der Waals surface area contributed by atoms with Gasteiger partial charge in [-0.25, -0.2) is 4.57 Å². The van der Waals surface area contributed by atoms with Gasteiger partial charge in [0.1, 0.15) is 6.61 Å². The first-order valence-electron chi connectivity index (χ1n) is 39.3. The van der Waals surface area contributed by atoms with Crippen LogP contribution in [0.3, 0.4) is 0 Å². The van der Waals surface area contributed by atoms with E-state index in [9.17, 15) is 19.0 Å². The van der Waals surface area contributed by atoms with Crippen molar-refractivity contribution in [2.45, 2.75) is 354 Å². The number of nitrogens with two attached hydrogens (primary N) is 1. The summed E-state index contributed by atoms with van der Waals surface area (Å²) < 4.78 is 33.3. The molecule has 0 fully saturated rings. The molecule has 0 aromatic carbocycles. The van der Waals surface area contributed by atoms with Crippen LogP contribution in [0, 0.1) is 0 Å². The Balaban J connectivity index is 3.82. The quantitative estimate of drug-likeness (QED) is 0.0264. The van der Waals surface area contributed by atoms with Crippen molar-refractivity contribution in [3.63, 3.8) is 0 Å². The molecule has 0 aliphatic rings. The van der Waals surface area contributed by atoms with E-state index in [1.807, 2.05) is 0 Å². The minimum Gasteiger partial charge on any atom is -0.462 e. The van der Waals surface area contributed by atoms with E-state index in [1.54, 1.807) is 0 Å². The lowest BCUT2D eigenvalue weighted by Crippen LogP contribution is -2.29. The molecule has 0 heterocycles. The van der Waals surface area contributed by atoms with Gasteiger partial charge in [0.2, 0.25) is 0 Å². The summed E-state index contributed by atoms with van der Waals surface area (Å²) >= 11 is 0. The lowest BCUT2D eigenvalue weighted by atomic mass is 10.0. The Morgan fingerprint density at radius 3 is 0.811 bits per heavy atom. The van der Waals surface area contributed by atoms with E-state index < -0.39 is 26.5 Å². The Kier molecular flexibility index (Phi) is 75.5. The molecule has 3 N–H and O–H groups in total. The molecule has 0 saturated carbocycles. The smallest absolute Gasteiger partial charge is 0.462 e. The van der Waals surface area contributed by atoms with E-state index >= 15 is 0 Å². The molecule has 2 atom stereocenters. The maximum Gasteiger partial charge on any atom is 0.472 e. The molecule has 0 amide bonds. The van der Waals surface area contributed by atoms with Gasteiger partial charge in [-0.05, 0) is 116 Å². The van der Waals surface area contributed by atoms with Gasteiger partial charge in [-0.3, -0.25) is 18.6 Å². The highest BCUT2D eigenvalue weighted by atomic mass is 31.2. The first kappa shape index (κ1) is 90.9. The lowest BCUT2D eigenvalue weighted by molar-refractivity contribution is -0.161. The molecular weight excluding hydrogens is 1190 g/mol. The number of hydrogen-bond acceptors (Lipinski definition) is 8.